The highest BCUT2D eigenvalue weighted by Crippen LogP contribution is 2.44. The monoisotopic (exact) mass is 804 g/mol. The molecule has 4 nitrogen and oxygen atoms in total. The van der Waals surface area contributed by atoms with Crippen molar-refractivity contribution in [3.63, 3.8) is 0 Å². The number of fused-ring (bicyclic) bond motifs is 6. The van der Waals surface area contributed by atoms with E-state index in [2.05, 4.69) is 211 Å². The van der Waals surface area contributed by atoms with Gasteiger partial charge in [-0.3, -0.25) is 0 Å². The van der Waals surface area contributed by atoms with E-state index in [1.807, 2.05) is 18.2 Å². The molecule has 9 aromatic carbocycles. The Morgan fingerprint density at radius 2 is 0.952 bits per heavy atom. The summed E-state index contributed by atoms with van der Waals surface area (Å²) in [6.07, 6.45) is 0. The summed E-state index contributed by atoms with van der Waals surface area (Å²) >= 11 is 0. The molecule has 0 aliphatic carbocycles. The van der Waals surface area contributed by atoms with Crippen molar-refractivity contribution in [2.75, 3.05) is 0 Å². The van der Waals surface area contributed by atoms with Gasteiger partial charge in [-0.2, -0.15) is 5.26 Å². The minimum Gasteiger partial charge on any atom is -0.309 e. The van der Waals surface area contributed by atoms with Crippen LogP contribution in [0.15, 0.2) is 188 Å². The van der Waals surface area contributed by atoms with Gasteiger partial charge in [0.25, 0.3) is 0 Å². The number of aryl methyl sites for hydroxylation is 3. The molecule has 0 aliphatic rings. The maximum absolute atomic E-state index is 9.74. The number of para-hydroxylation sites is 2. The first-order chi connectivity index (χ1) is 30.9. The summed E-state index contributed by atoms with van der Waals surface area (Å²) in [4.78, 5) is 3.99. The van der Waals surface area contributed by atoms with Gasteiger partial charge in [-0.15, -0.1) is 0 Å². The topological polar surface area (TPSA) is 38.0 Å². The number of benzene rings is 9. The third-order valence-corrected chi connectivity index (χ3v) is 12.6. The van der Waals surface area contributed by atoms with Crippen LogP contribution in [0.4, 0.5) is 5.69 Å². The maximum atomic E-state index is 9.74. The zero-order valence-electron chi connectivity index (χ0n) is 35.2. The average Bonchev–Trinajstić information content (AvgIpc) is 3.83. The van der Waals surface area contributed by atoms with Gasteiger partial charge in [0.2, 0.25) is 0 Å². The predicted molar refractivity (Wildman–Crippen MR) is 262 cm³/mol. The minimum atomic E-state index is 0.569. The Balaban J connectivity index is 1.21. The van der Waals surface area contributed by atoms with Gasteiger partial charge in [-0.25, -0.2) is 4.85 Å². The molecule has 0 unspecified atom stereocenters. The molecule has 2 aromatic heterocycles. The van der Waals surface area contributed by atoms with Crippen LogP contribution in [0.5, 0.6) is 0 Å². The van der Waals surface area contributed by atoms with Gasteiger partial charge in [-0.05, 0) is 132 Å². The van der Waals surface area contributed by atoms with E-state index in [9.17, 15) is 5.26 Å². The lowest BCUT2D eigenvalue weighted by Crippen LogP contribution is -2.02. The van der Waals surface area contributed by atoms with Crippen molar-refractivity contribution >= 4 is 49.3 Å². The number of nitrogens with zero attached hydrogens (tertiary/aromatic N) is 4. The first-order valence-electron chi connectivity index (χ1n) is 21.3. The Bertz CT molecular complexity index is 3750. The van der Waals surface area contributed by atoms with Crippen LogP contribution >= 0.6 is 0 Å². The number of hydrogen-bond acceptors (Lipinski definition) is 1. The molecular weight excluding hydrogens is 765 g/mol. The maximum Gasteiger partial charge on any atom is 0.188 e. The van der Waals surface area contributed by atoms with Gasteiger partial charge >= 0.3 is 0 Å². The molecule has 0 spiro atoms. The first-order valence-corrected chi connectivity index (χ1v) is 21.3. The van der Waals surface area contributed by atoms with Crippen LogP contribution < -0.4 is 0 Å². The number of hydrogen-bond donors (Lipinski definition) is 0. The quantitative estimate of drug-likeness (QED) is 0.154. The van der Waals surface area contributed by atoms with Crippen LogP contribution in [0.1, 0.15) is 22.3 Å². The standard InChI is InChI=1S/C59H40N4/c1-37-11-9-13-41(29-37)43-21-26-56-51(32-43)48-15-5-7-17-54(48)62(56)58-28-23-46(61-4)35-53(58)50-25-20-45(47-24-19-40(36-60)31-39(47)3)34-59(50)63-55-18-8-6-16-49(55)52-33-44(22-27-57(52)63)42-14-10-12-38(2)30-42/h5-35H,1-3H3. The molecule has 11 aromatic rings. The Kier molecular flexibility index (Phi) is 8.90. The van der Waals surface area contributed by atoms with Crippen molar-refractivity contribution in [1.29, 1.82) is 5.26 Å². The third kappa shape index (κ3) is 6.28. The van der Waals surface area contributed by atoms with E-state index < -0.39 is 0 Å². The summed E-state index contributed by atoms with van der Waals surface area (Å²) in [7, 11) is 0. The molecule has 63 heavy (non-hydrogen) atoms. The van der Waals surface area contributed by atoms with E-state index in [1.54, 1.807) is 0 Å². The molecule has 0 aliphatic heterocycles. The largest absolute Gasteiger partial charge is 0.309 e. The highest BCUT2D eigenvalue weighted by atomic mass is 15.0. The van der Waals surface area contributed by atoms with Gasteiger partial charge < -0.3 is 9.13 Å². The molecule has 0 atom stereocenters. The van der Waals surface area contributed by atoms with Crippen molar-refractivity contribution in [3.05, 3.63) is 222 Å². The van der Waals surface area contributed by atoms with Crippen molar-refractivity contribution in [2.24, 2.45) is 0 Å². The van der Waals surface area contributed by atoms with Gasteiger partial charge in [0.1, 0.15) is 0 Å². The molecule has 2 heterocycles. The summed E-state index contributed by atoms with van der Waals surface area (Å²) in [5, 5.41) is 14.4. The third-order valence-electron chi connectivity index (χ3n) is 12.6. The highest BCUT2D eigenvalue weighted by molar-refractivity contribution is 6.13. The Morgan fingerprint density at radius 3 is 1.52 bits per heavy atom. The zero-order valence-corrected chi connectivity index (χ0v) is 35.2. The van der Waals surface area contributed by atoms with Crippen molar-refractivity contribution < 1.29 is 0 Å². The molecule has 0 N–H and O–H groups in total. The van der Waals surface area contributed by atoms with Gasteiger partial charge in [0, 0.05) is 27.1 Å². The second-order valence-electron chi connectivity index (χ2n) is 16.6. The highest BCUT2D eigenvalue weighted by Gasteiger charge is 2.22. The van der Waals surface area contributed by atoms with Crippen LogP contribution in [0.25, 0.3) is 104 Å². The minimum absolute atomic E-state index is 0.569. The second-order valence-corrected chi connectivity index (χ2v) is 16.6. The molecule has 296 valence electrons. The fourth-order valence-electron chi connectivity index (χ4n) is 9.65. The van der Waals surface area contributed by atoms with Crippen molar-refractivity contribution in [1.82, 2.24) is 9.13 Å². The van der Waals surface area contributed by atoms with E-state index in [1.165, 1.54) is 44.2 Å². The van der Waals surface area contributed by atoms with E-state index in [0.717, 1.165) is 72.0 Å². The first kappa shape index (κ1) is 37.6. The fraction of sp³-hybridized carbons (Fsp3) is 0.0508. The molecule has 0 bridgehead atoms. The molecule has 0 amide bonds. The van der Waals surface area contributed by atoms with Crippen LogP contribution in [-0.2, 0) is 0 Å². The van der Waals surface area contributed by atoms with Crippen LogP contribution in [0, 0.1) is 38.7 Å². The summed E-state index contributed by atoms with van der Waals surface area (Å²) in [6, 6.07) is 69.3. The van der Waals surface area contributed by atoms with E-state index >= 15 is 0 Å². The molecule has 0 saturated heterocycles. The van der Waals surface area contributed by atoms with Crippen molar-refractivity contribution in [3.8, 4) is 62.0 Å². The Hall–Kier alpha value is -8.44. The molecule has 4 heteroatoms. The Morgan fingerprint density at radius 1 is 0.413 bits per heavy atom. The second kappa shape index (κ2) is 14.9. The fourth-order valence-corrected chi connectivity index (χ4v) is 9.65. The summed E-state index contributed by atoms with van der Waals surface area (Å²) < 4.78 is 4.77. The lowest BCUT2D eigenvalue weighted by atomic mass is 9.93. The molecular formula is C59H40N4. The lowest BCUT2D eigenvalue weighted by molar-refractivity contribution is 1.16. The predicted octanol–water partition coefficient (Wildman–Crippen LogP) is 15.9. The number of rotatable bonds is 6. The van der Waals surface area contributed by atoms with E-state index in [-0.39, 0.29) is 0 Å². The molecule has 11 rings (SSSR count). The van der Waals surface area contributed by atoms with Crippen LogP contribution in [0.3, 0.4) is 0 Å². The van der Waals surface area contributed by atoms with Gasteiger partial charge in [-0.1, -0.05) is 132 Å². The number of nitriles is 1. The number of aromatic nitrogens is 2. The van der Waals surface area contributed by atoms with Crippen LogP contribution in [-0.4, -0.2) is 9.13 Å². The van der Waals surface area contributed by atoms with E-state index in [0.29, 0.717) is 11.3 Å². The molecule has 0 radical (unpaired) electrons. The smallest absolute Gasteiger partial charge is 0.188 e. The summed E-state index contributed by atoms with van der Waals surface area (Å²) in [5.74, 6) is 0. The molecule has 0 saturated carbocycles. The van der Waals surface area contributed by atoms with E-state index in [4.69, 9.17) is 6.57 Å². The lowest BCUT2D eigenvalue weighted by Gasteiger charge is -2.20. The van der Waals surface area contributed by atoms with Gasteiger partial charge in [0.05, 0.1) is 51.6 Å². The summed E-state index contributed by atoms with van der Waals surface area (Å²) in [6.45, 7) is 14.6. The van der Waals surface area contributed by atoms with Gasteiger partial charge in [0.15, 0.2) is 5.69 Å². The normalized spacial score (nSPS) is 11.4. The average molecular weight is 805 g/mol. The Labute approximate surface area is 366 Å². The SMILES string of the molecule is [C-]#[N+]c1ccc(-n2c3ccccc3c3cc(-c4cccc(C)c4)ccc32)c(-c2ccc(-c3ccc(C#N)cc3C)cc2-n2c3ccccc3c3cc(-c4cccc(C)c4)ccc32)c1. The zero-order chi connectivity index (χ0) is 42.8. The molecule has 0 fully saturated rings. The summed E-state index contributed by atoms with van der Waals surface area (Å²) in [5.41, 5.74) is 19.8. The van der Waals surface area contributed by atoms with Crippen molar-refractivity contribution in [2.45, 2.75) is 20.8 Å². The van der Waals surface area contributed by atoms with Crippen LogP contribution in [0.2, 0.25) is 0 Å².